The lowest BCUT2D eigenvalue weighted by molar-refractivity contribution is -0.143. The number of aromatic nitrogens is 4. The number of H-pyrrole nitrogens is 2. The quantitative estimate of drug-likeness (QED) is 0.140. The molecule has 0 saturated carbocycles. The lowest BCUT2D eigenvalue weighted by Crippen LogP contribution is -2.53. The molecule has 14 nitrogen and oxygen atoms in total. The van der Waals surface area contributed by atoms with E-state index in [0.29, 0.717) is 31.4 Å². The van der Waals surface area contributed by atoms with Crippen molar-refractivity contribution in [2.45, 2.75) is 77.6 Å². The van der Waals surface area contributed by atoms with E-state index in [0.717, 1.165) is 71.7 Å². The number of imidazole rings is 2. The number of rotatable bonds is 11. The summed E-state index contributed by atoms with van der Waals surface area (Å²) in [5.74, 6) is 1.92. The smallest absolute Gasteiger partial charge is 0.405 e. The predicted octanol–water partition coefficient (Wildman–Crippen LogP) is 5.15. The normalized spacial score (nSPS) is 19.6. The third kappa shape index (κ3) is 7.68. The second-order valence-electron chi connectivity index (χ2n) is 15.0. The van der Waals surface area contributed by atoms with Crippen molar-refractivity contribution in [3.63, 3.8) is 0 Å². The number of carbonyl (C=O) groups excluding carboxylic acids is 3. The monoisotopic (exact) mass is 734 g/mol. The number of hydrogen-bond donors (Lipinski definition) is 5. The van der Waals surface area contributed by atoms with Gasteiger partial charge in [0, 0.05) is 19.6 Å². The van der Waals surface area contributed by atoms with Crippen molar-refractivity contribution in [1.29, 1.82) is 0 Å². The van der Waals surface area contributed by atoms with E-state index < -0.39 is 12.2 Å². The number of ether oxygens (including phenoxy) is 1. The van der Waals surface area contributed by atoms with E-state index >= 15 is 0 Å². The van der Waals surface area contributed by atoms with Gasteiger partial charge in [-0.2, -0.15) is 0 Å². The molecule has 2 aromatic heterocycles. The number of amides is 3. The van der Waals surface area contributed by atoms with Crippen molar-refractivity contribution in [2.24, 2.45) is 22.6 Å². The highest BCUT2D eigenvalue weighted by Gasteiger charge is 2.39. The summed E-state index contributed by atoms with van der Waals surface area (Å²) in [4.78, 5) is 63.1. The highest BCUT2D eigenvalue weighted by atomic mass is 16.6. The van der Waals surface area contributed by atoms with Gasteiger partial charge in [-0.05, 0) is 59.8 Å². The van der Waals surface area contributed by atoms with Gasteiger partial charge in [0.15, 0.2) is 12.1 Å². The Balaban J connectivity index is 0.998. The fourth-order valence-electron chi connectivity index (χ4n) is 7.71. The number of aliphatic imine (C=N–C) groups is 1. The molecule has 2 fully saturated rings. The lowest BCUT2D eigenvalue weighted by Gasteiger charge is -2.30. The van der Waals surface area contributed by atoms with Crippen LogP contribution in [0.5, 0.6) is 0 Å². The second kappa shape index (κ2) is 15.7. The number of hydrogen-bond acceptors (Lipinski definition) is 9. The largest absolute Gasteiger partial charge is 0.436 e. The Hall–Kier alpha value is -5.66. The van der Waals surface area contributed by atoms with Crippen molar-refractivity contribution in [1.82, 2.24) is 40.4 Å². The molecule has 3 aliphatic heterocycles. The molecule has 54 heavy (non-hydrogen) atoms. The van der Waals surface area contributed by atoms with Crippen molar-refractivity contribution in [2.75, 3.05) is 26.2 Å². The number of nitrogens with one attached hydrogen (secondary N) is 4. The number of carbonyl (C=O) groups is 3. The van der Waals surface area contributed by atoms with Gasteiger partial charge in [-0.3, -0.25) is 14.6 Å². The highest BCUT2D eigenvalue weighted by Crippen LogP contribution is 2.35. The molecule has 4 atom stereocenters. The zero-order chi connectivity index (χ0) is 37.9. The van der Waals surface area contributed by atoms with Gasteiger partial charge >= 0.3 is 6.09 Å². The lowest BCUT2D eigenvalue weighted by atomic mass is 10.0. The molecule has 0 radical (unpaired) electrons. The fourth-order valence-corrected chi connectivity index (χ4v) is 7.71. The Morgan fingerprint density at radius 2 is 1.26 bits per heavy atom. The van der Waals surface area contributed by atoms with Crippen molar-refractivity contribution in [3.05, 3.63) is 72.6 Å². The van der Waals surface area contributed by atoms with Gasteiger partial charge in [-0.15, -0.1) is 0 Å². The van der Waals surface area contributed by atoms with Crippen molar-refractivity contribution >= 4 is 23.9 Å². The standard InChI is InChI=1S/C40H50N10O4/c1-23(2)33(48-40-42-17-18-43-40)37(51)49-19-5-7-31(49)35-44-21-29(46-35)27-13-9-25(10-14-27)26-11-15-28(16-12-26)30-22-45-36(47-30)32-8-6-20-50(32)38(52)34(24(3)4)54-39(41)53/h9-16,21-24,31-34H,5-8,17-20H2,1-4H3,(H2,41,53)(H,44,46)(H,45,47)(H2,42,43,48)/t31-,32-,33+,34-/m0/s1. The zero-order valence-corrected chi connectivity index (χ0v) is 31.3. The fraction of sp³-hybridized carbons (Fsp3) is 0.450. The summed E-state index contributed by atoms with van der Waals surface area (Å²) in [7, 11) is 0. The summed E-state index contributed by atoms with van der Waals surface area (Å²) < 4.78 is 5.18. The van der Waals surface area contributed by atoms with Gasteiger partial charge in [0.1, 0.15) is 17.7 Å². The summed E-state index contributed by atoms with van der Waals surface area (Å²) in [6.07, 6.45) is 5.14. The number of aromatic amines is 2. The van der Waals surface area contributed by atoms with Crippen molar-refractivity contribution in [3.8, 4) is 33.6 Å². The van der Waals surface area contributed by atoms with Crippen LogP contribution in [0, 0.1) is 11.8 Å². The average molecular weight is 735 g/mol. The first-order valence-electron chi connectivity index (χ1n) is 19.0. The van der Waals surface area contributed by atoms with Crippen LogP contribution >= 0.6 is 0 Å². The molecule has 3 amide bonds. The molecule has 0 unspecified atom stereocenters. The number of nitrogens with two attached hydrogens (primary N) is 1. The van der Waals surface area contributed by atoms with Crippen LogP contribution in [-0.2, 0) is 14.3 Å². The van der Waals surface area contributed by atoms with E-state index in [1.165, 1.54) is 0 Å². The van der Waals surface area contributed by atoms with Crippen LogP contribution in [0.25, 0.3) is 33.6 Å². The average Bonchev–Trinajstić information content (AvgIpc) is 4.01. The number of nitrogens with zero attached hydrogens (tertiary/aromatic N) is 5. The van der Waals surface area contributed by atoms with Gasteiger partial charge in [0.2, 0.25) is 5.91 Å². The first kappa shape index (κ1) is 36.7. The van der Waals surface area contributed by atoms with Crippen LogP contribution in [0.1, 0.15) is 77.1 Å². The topological polar surface area (TPSA) is 187 Å². The van der Waals surface area contributed by atoms with E-state index in [9.17, 15) is 14.4 Å². The highest BCUT2D eigenvalue weighted by molar-refractivity contribution is 5.90. The van der Waals surface area contributed by atoms with E-state index in [1.54, 1.807) is 11.1 Å². The molecule has 6 N–H and O–H groups in total. The number of likely N-dealkylation sites (tertiary alicyclic amines) is 2. The summed E-state index contributed by atoms with van der Waals surface area (Å²) in [6.45, 7) is 10.5. The molecular weight excluding hydrogens is 685 g/mol. The third-order valence-electron chi connectivity index (χ3n) is 10.6. The van der Waals surface area contributed by atoms with E-state index in [4.69, 9.17) is 15.5 Å². The molecule has 2 aromatic carbocycles. The van der Waals surface area contributed by atoms with Crippen molar-refractivity contribution < 1.29 is 19.1 Å². The molecule has 0 bridgehead atoms. The van der Waals surface area contributed by atoms with Crippen LogP contribution < -0.4 is 16.4 Å². The number of guanidine groups is 1. The van der Waals surface area contributed by atoms with Gasteiger partial charge < -0.3 is 40.9 Å². The van der Waals surface area contributed by atoms with Crippen LogP contribution in [-0.4, -0.2) is 91.9 Å². The van der Waals surface area contributed by atoms with E-state index in [-0.39, 0.29) is 41.8 Å². The Kier molecular flexibility index (Phi) is 10.7. The van der Waals surface area contributed by atoms with Crippen LogP contribution in [0.15, 0.2) is 65.9 Å². The molecule has 5 heterocycles. The SMILES string of the molecule is CC(C)[C@H](OC(N)=O)C(=O)N1CCC[C@H]1c1ncc(-c2ccc(-c3ccc(-c4cnc([C@@H]5CCCN5C(=O)[C@H](NC5=NCCN5)C(C)C)[nH]4)cc3)cc2)[nH]1. The third-order valence-corrected chi connectivity index (χ3v) is 10.6. The first-order chi connectivity index (χ1) is 26.1. The van der Waals surface area contributed by atoms with Crippen LogP contribution in [0.3, 0.4) is 0 Å². The van der Waals surface area contributed by atoms with E-state index in [1.807, 2.05) is 24.9 Å². The summed E-state index contributed by atoms with van der Waals surface area (Å²) in [5, 5.41) is 6.56. The Morgan fingerprint density at radius 1 is 0.759 bits per heavy atom. The van der Waals surface area contributed by atoms with Gasteiger partial charge in [-0.25, -0.2) is 14.8 Å². The molecule has 284 valence electrons. The summed E-state index contributed by atoms with van der Waals surface area (Å²) in [5.41, 5.74) is 11.2. The minimum atomic E-state index is -0.955. The van der Waals surface area contributed by atoms with Crippen LogP contribution in [0.4, 0.5) is 4.79 Å². The van der Waals surface area contributed by atoms with Gasteiger partial charge in [0.05, 0.1) is 42.4 Å². The molecule has 2 saturated heterocycles. The second-order valence-corrected chi connectivity index (χ2v) is 15.0. The molecule has 3 aliphatic rings. The Labute approximate surface area is 315 Å². The predicted molar refractivity (Wildman–Crippen MR) is 206 cm³/mol. The number of benzene rings is 2. The summed E-state index contributed by atoms with van der Waals surface area (Å²) in [6, 6.07) is 15.9. The summed E-state index contributed by atoms with van der Waals surface area (Å²) >= 11 is 0. The maximum atomic E-state index is 13.8. The van der Waals surface area contributed by atoms with Gasteiger partial charge in [0.25, 0.3) is 5.91 Å². The maximum Gasteiger partial charge on any atom is 0.405 e. The molecule has 0 spiro atoms. The molecule has 7 rings (SSSR count). The molecular formula is C40H50N10O4. The zero-order valence-electron chi connectivity index (χ0n) is 31.3. The first-order valence-corrected chi connectivity index (χ1v) is 19.0. The Bertz CT molecular complexity index is 1980. The molecule has 0 aliphatic carbocycles. The van der Waals surface area contributed by atoms with Crippen LogP contribution in [0.2, 0.25) is 0 Å². The number of primary amides is 1. The minimum Gasteiger partial charge on any atom is -0.436 e. The maximum absolute atomic E-state index is 13.8. The molecule has 4 aromatic rings. The molecule has 14 heteroatoms. The van der Waals surface area contributed by atoms with Gasteiger partial charge in [-0.1, -0.05) is 76.2 Å². The Morgan fingerprint density at radius 3 is 1.70 bits per heavy atom. The van der Waals surface area contributed by atoms with E-state index in [2.05, 4.69) is 93.0 Å². The minimum absolute atomic E-state index is 0.0752.